The van der Waals surface area contributed by atoms with Gasteiger partial charge in [0, 0.05) is 11.3 Å². The predicted molar refractivity (Wildman–Crippen MR) is 73.0 cm³/mol. The van der Waals surface area contributed by atoms with Crippen molar-refractivity contribution in [2.45, 2.75) is 6.42 Å². The van der Waals surface area contributed by atoms with E-state index in [1.807, 2.05) is 11.4 Å². The molecule has 0 radical (unpaired) electrons. The first-order valence-corrected chi connectivity index (χ1v) is 6.57. The summed E-state index contributed by atoms with van der Waals surface area (Å²) in [7, 11) is 0. The van der Waals surface area contributed by atoms with E-state index in [4.69, 9.17) is 10.6 Å². The predicted octanol–water partition coefficient (Wildman–Crippen LogP) is 1.32. The molecule has 0 saturated carbocycles. The van der Waals surface area contributed by atoms with Crippen molar-refractivity contribution in [1.82, 2.24) is 20.2 Å². The van der Waals surface area contributed by atoms with Gasteiger partial charge in [-0.2, -0.15) is 15.1 Å². The highest BCUT2D eigenvalue weighted by molar-refractivity contribution is 7.09. The topological polar surface area (TPSA) is 102 Å². The Kier molecular flexibility index (Phi) is 3.25. The van der Waals surface area contributed by atoms with E-state index in [1.165, 1.54) is 4.88 Å². The lowest BCUT2D eigenvalue weighted by Crippen LogP contribution is -2.12. The summed E-state index contributed by atoms with van der Waals surface area (Å²) in [6, 6.07) is 4.10. The minimum atomic E-state index is 0.294. The summed E-state index contributed by atoms with van der Waals surface area (Å²) in [5, 5.41) is 9.47. The second-order valence-electron chi connectivity index (χ2n) is 3.81. The summed E-state index contributed by atoms with van der Waals surface area (Å²) < 4.78 is 5.69. The van der Waals surface area contributed by atoms with Crippen LogP contribution < -0.4 is 16.0 Å². The lowest BCUT2D eigenvalue weighted by atomic mass is 10.3. The molecule has 0 saturated heterocycles. The molecule has 3 aromatic rings. The minimum Gasteiger partial charge on any atom is -0.477 e. The fraction of sp³-hybridized carbons (Fsp3) is 0.182. The molecule has 3 aromatic heterocycles. The molecule has 0 amide bonds. The highest BCUT2D eigenvalue weighted by atomic mass is 32.1. The molecule has 7 nitrogen and oxygen atoms in total. The molecular formula is C11H12N6OS. The Hall–Kier alpha value is -2.19. The van der Waals surface area contributed by atoms with Gasteiger partial charge >= 0.3 is 0 Å². The number of hydrogen-bond donors (Lipinski definition) is 3. The number of nitrogen functional groups attached to an aromatic ring is 1. The van der Waals surface area contributed by atoms with Crippen LogP contribution in [-0.4, -0.2) is 26.8 Å². The molecule has 3 heterocycles. The van der Waals surface area contributed by atoms with Crippen LogP contribution >= 0.6 is 11.3 Å². The van der Waals surface area contributed by atoms with Crippen LogP contribution in [0.15, 0.2) is 23.7 Å². The van der Waals surface area contributed by atoms with Crippen molar-refractivity contribution in [1.29, 1.82) is 0 Å². The average molecular weight is 276 g/mol. The van der Waals surface area contributed by atoms with Crippen LogP contribution in [0.2, 0.25) is 0 Å². The molecule has 19 heavy (non-hydrogen) atoms. The number of hydrazine groups is 1. The van der Waals surface area contributed by atoms with Gasteiger partial charge in [0.05, 0.1) is 12.8 Å². The molecule has 0 aliphatic carbocycles. The first-order chi connectivity index (χ1) is 9.36. The van der Waals surface area contributed by atoms with Crippen LogP contribution in [0.4, 0.5) is 5.95 Å². The molecule has 98 valence electrons. The molecule has 0 bridgehead atoms. The number of anilines is 1. The second kappa shape index (κ2) is 5.21. The molecule has 0 aliphatic heterocycles. The van der Waals surface area contributed by atoms with Gasteiger partial charge in [-0.25, -0.2) is 5.84 Å². The van der Waals surface area contributed by atoms with E-state index in [-0.39, 0.29) is 0 Å². The maximum Gasteiger partial charge on any atom is 0.242 e. The number of thiophene rings is 1. The first-order valence-electron chi connectivity index (χ1n) is 5.70. The third kappa shape index (κ3) is 2.49. The van der Waals surface area contributed by atoms with Crippen molar-refractivity contribution in [2.24, 2.45) is 5.84 Å². The van der Waals surface area contributed by atoms with Crippen LogP contribution in [0.1, 0.15) is 4.88 Å². The molecular weight excluding hydrogens is 264 g/mol. The molecule has 8 heteroatoms. The Bertz CT molecular complexity index is 665. The van der Waals surface area contributed by atoms with Gasteiger partial charge in [-0.05, 0) is 11.4 Å². The molecule has 0 spiro atoms. The number of aromatic amines is 1. The summed E-state index contributed by atoms with van der Waals surface area (Å²) in [5.74, 6) is 6.09. The molecule has 0 aliphatic rings. The second-order valence-corrected chi connectivity index (χ2v) is 4.84. The van der Waals surface area contributed by atoms with E-state index in [2.05, 4.69) is 31.7 Å². The number of fused-ring (bicyclic) bond motifs is 1. The van der Waals surface area contributed by atoms with E-state index >= 15 is 0 Å². The van der Waals surface area contributed by atoms with E-state index in [0.717, 1.165) is 11.8 Å². The Morgan fingerprint density at radius 3 is 3.16 bits per heavy atom. The van der Waals surface area contributed by atoms with Crippen LogP contribution in [0.3, 0.4) is 0 Å². The van der Waals surface area contributed by atoms with Gasteiger partial charge < -0.3 is 4.74 Å². The van der Waals surface area contributed by atoms with Crippen LogP contribution in [0, 0.1) is 0 Å². The van der Waals surface area contributed by atoms with E-state index in [0.29, 0.717) is 24.1 Å². The van der Waals surface area contributed by atoms with Crippen LogP contribution in [0.5, 0.6) is 5.88 Å². The zero-order valence-electron chi connectivity index (χ0n) is 9.96. The number of H-pyrrole nitrogens is 1. The number of aromatic nitrogens is 4. The van der Waals surface area contributed by atoms with Crippen molar-refractivity contribution in [3.05, 3.63) is 28.6 Å². The van der Waals surface area contributed by atoms with Gasteiger partial charge in [0.25, 0.3) is 0 Å². The zero-order chi connectivity index (χ0) is 13.1. The third-order valence-electron chi connectivity index (χ3n) is 2.57. The fourth-order valence-electron chi connectivity index (χ4n) is 1.69. The van der Waals surface area contributed by atoms with E-state index in [1.54, 1.807) is 17.5 Å². The van der Waals surface area contributed by atoms with Gasteiger partial charge in [-0.1, -0.05) is 6.07 Å². The standard InChI is InChI=1S/C11H12N6OS/c12-16-11-14-9-8(6-13-17-9)10(15-11)18-4-3-7-2-1-5-19-7/h1-2,5-6H,3-4,12H2,(H2,13,14,15,16,17). The highest BCUT2D eigenvalue weighted by Gasteiger charge is 2.10. The Labute approximate surface area is 112 Å². The van der Waals surface area contributed by atoms with Crippen molar-refractivity contribution in [2.75, 3.05) is 12.0 Å². The number of nitrogens with one attached hydrogen (secondary N) is 2. The average Bonchev–Trinajstić information content (AvgIpc) is 3.08. The van der Waals surface area contributed by atoms with Gasteiger partial charge in [-0.15, -0.1) is 11.3 Å². The number of ether oxygens (including phenoxy) is 1. The van der Waals surface area contributed by atoms with Crippen LogP contribution in [0.25, 0.3) is 11.0 Å². The Morgan fingerprint density at radius 1 is 1.42 bits per heavy atom. The lowest BCUT2D eigenvalue weighted by molar-refractivity contribution is 0.314. The number of hydrogen-bond acceptors (Lipinski definition) is 7. The quantitative estimate of drug-likeness (QED) is 0.480. The first kappa shape index (κ1) is 11.9. The summed E-state index contributed by atoms with van der Waals surface area (Å²) >= 11 is 1.71. The van der Waals surface area contributed by atoms with Crippen molar-refractivity contribution >= 4 is 28.3 Å². The maximum atomic E-state index is 5.69. The summed E-state index contributed by atoms with van der Waals surface area (Å²) in [6.07, 6.45) is 2.47. The number of nitrogens with zero attached hydrogens (tertiary/aromatic N) is 3. The lowest BCUT2D eigenvalue weighted by Gasteiger charge is -2.06. The molecule has 0 unspecified atom stereocenters. The Morgan fingerprint density at radius 2 is 2.37 bits per heavy atom. The fourth-order valence-corrected chi connectivity index (χ4v) is 2.38. The summed E-state index contributed by atoms with van der Waals surface area (Å²) in [6.45, 7) is 0.543. The highest BCUT2D eigenvalue weighted by Crippen LogP contribution is 2.22. The van der Waals surface area contributed by atoms with Gasteiger partial charge in [0.15, 0.2) is 5.65 Å². The SMILES string of the molecule is NNc1nc(OCCc2cccs2)c2cn[nH]c2n1. The molecule has 3 rings (SSSR count). The molecule has 0 atom stereocenters. The Balaban J connectivity index is 1.77. The molecule has 4 N–H and O–H groups in total. The molecule has 0 fully saturated rings. The molecule has 0 aromatic carbocycles. The van der Waals surface area contributed by atoms with Crippen molar-refractivity contribution in [3.8, 4) is 5.88 Å². The van der Waals surface area contributed by atoms with E-state index in [9.17, 15) is 0 Å². The maximum absolute atomic E-state index is 5.69. The minimum absolute atomic E-state index is 0.294. The van der Waals surface area contributed by atoms with Gasteiger partial charge in [-0.3, -0.25) is 10.5 Å². The number of nitrogens with two attached hydrogens (primary N) is 1. The van der Waals surface area contributed by atoms with Crippen LogP contribution in [-0.2, 0) is 6.42 Å². The largest absolute Gasteiger partial charge is 0.477 e. The smallest absolute Gasteiger partial charge is 0.242 e. The van der Waals surface area contributed by atoms with Crippen molar-refractivity contribution < 1.29 is 4.74 Å². The zero-order valence-corrected chi connectivity index (χ0v) is 10.8. The monoisotopic (exact) mass is 276 g/mol. The van der Waals surface area contributed by atoms with Gasteiger partial charge in [0.2, 0.25) is 11.8 Å². The van der Waals surface area contributed by atoms with E-state index < -0.39 is 0 Å². The van der Waals surface area contributed by atoms with Gasteiger partial charge in [0.1, 0.15) is 5.39 Å². The third-order valence-corrected chi connectivity index (χ3v) is 3.51. The summed E-state index contributed by atoms with van der Waals surface area (Å²) in [5.41, 5.74) is 3.00. The van der Waals surface area contributed by atoms with Crippen molar-refractivity contribution in [3.63, 3.8) is 0 Å². The normalized spacial score (nSPS) is 10.8. The summed E-state index contributed by atoms with van der Waals surface area (Å²) in [4.78, 5) is 9.59. The number of rotatable bonds is 5.